The Morgan fingerprint density at radius 3 is 2.10 bits per heavy atom. The predicted octanol–water partition coefficient (Wildman–Crippen LogP) is 3.85. The third-order valence-electron chi connectivity index (χ3n) is 5.59. The van der Waals surface area contributed by atoms with Crippen molar-refractivity contribution in [2.45, 2.75) is 33.0 Å². The normalized spacial score (nSPS) is 17.8. The van der Waals surface area contributed by atoms with Crippen molar-refractivity contribution in [3.63, 3.8) is 0 Å². The first-order valence-electron chi connectivity index (χ1n) is 10.7. The summed E-state index contributed by atoms with van der Waals surface area (Å²) < 4.78 is 5.71. The van der Waals surface area contributed by atoms with Gasteiger partial charge in [0.25, 0.3) is 0 Å². The second kappa shape index (κ2) is 11.0. The molecule has 1 aliphatic rings. The second-order valence-corrected chi connectivity index (χ2v) is 7.58. The highest BCUT2D eigenvalue weighted by Crippen LogP contribution is 2.17. The number of hydrogen-bond acceptors (Lipinski definition) is 4. The molecule has 1 heterocycles. The van der Waals surface area contributed by atoms with Gasteiger partial charge in [-0.05, 0) is 25.0 Å². The van der Waals surface area contributed by atoms with Gasteiger partial charge in [0.05, 0.1) is 6.04 Å². The van der Waals surface area contributed by atoms with E-state index in [1.54, 1.807) is 4.90 Å². The van der Waals surface area contributed by atoms with Gasteiger partial charge in [0.15, 0.2) is 0 Å². The SMILES string of the molecule is CCN(CC)C(=O)OCC1CN(Cc2ccccc2)CCN1Cc1ccccc1. The topological polar surface area (TPSA) is 36.0 Å². The van der Waals surface area contributed by atoms with E-state index in [1.165, 1.54) is 11.1 Å². The molecule has 5 nitrogen and oxygen atoms in total. The number of hydrogen-bond donors (Lipinski definition) is 0. The molecule has 1 unspecified atom stereocenters. The fraction of sp³-hybridized carbons (Fsp3) is 0.458. The molecule has 0 N–H and O–H groups in total. The average Bonchev–Trinajstić information content (AvgIpc) is 2.76. The first-order valence-corrected chi connectivity index (χ1v) is 10.7. The number of piperazine rings is 1. The quantitative estimate of drug-likeness (QED) is 0.680. The summed E-state index contributed by atoms with van der Waals surface area (Å²) in [7, 11) is 0. The molecule has 0 aromatic heterocycles. The van der Waals surface area contributed by atoms with Gasteiger partial charge in [-0.3, -0.25) is 9.80 Å². The maximum absolute atomic E-state index is 12.4. The standard InChI is InChI=1S/C24H33N3O2/c1-3-26(4-2)24(28)29-20-23-19-25(17-21-11-7-5-8-12-21)15-16-27(23)18-22-13-9-6-10-14-22/h5-14,23H,3-4,15-20H2,1-2H3. The molecular formula is C24H33N3O2. The molecule has 0 spiro atoms. The van der Waals surface area contributed by atoms with Crippen LogP contribution in [0.25, 0.3) is 0 Å². The third-order valence-corrected chi connectivity index (χ3v) is 5.59. The Balaban J connectivity index is 1.64. The van der Waals surface area contributed by atoms with Crippen molar-refractivity contribution < 1.29 is 9.53 Å². The number of rotatable bonds is 8. The molecule has 0 aliphatic carbocycles. The van der Waals surface area contributed by atoms with E-state index in [1.807, 2.05) is 19.9 Å². The summed E-state index contributed by atoms with van der Waals surface area (Å²) >= 11 is 0. The molecule has 0 saturated carbocycles. The molecule has 1 saturated heterocycles. The fourth-order valence-electron chi connectivity index (χ4n) is 3.87. The van der Waals surface area contributed by atoms with Gasteiger partial charge in [-0.1, -0.05) is 60.7 Å². The van der Waals surface area contributed by atoms with Gasteiger partial charge in [0.1, 0.15) is 6.61 Å². The van der Waals surface area contributed by atoms with Crippen LogP contribution in [-0.4, -0.2) is 66.2 Å². The summed E-state index contributed by atoms with van der Waals surface area (Å²) in [6, 6.07) is 21.3. The van der Waals surface area contributed by atoms with Gasteiger partial charge >= 0.3 is 6.09 Å². The lowest BCUT2D eigenvalue weighted by molar-refractivity contribution is 0.0153. The molecule has 2 aromatic rings. The summed E-state index contributed by atoms with van der Waals surface area (Å²) in [6.45, 7) is 10.4. The zero-order chi connectivity index (χ0) is 20.5. The number of carbonyl (C=O) groups is 1. The lowest BCUT2D eigenvalue weighted by Gasteiger charge is -2.41. The molecule has 1 amide bonds. The van der Waals surface area contributed by atoms with Crippen LogP contribution in [-0.2, 0) is 17.8 Å². The Hall–Kier alpha value is -2.37. The van der Waals surface area contributed by atoms with Crippen molar-refractivity contribution in [3.8, 4) is 0 Å². The summed E-state index contributed by atoms with van der Waals surface area (Å²) in [6.07, 6.45) is -0.213. The third kappa shape index (κ3) is 6.31. The molecule has 1 aliphatic heterocycles. The highest BCUT2D eigenvalue weighted by Gasteiger charge is 2.28. The van der Waals surface area contributed by atoms with E-state index in [9.17, 15) is 4.79 Å². The summed E-state index contributed by atoms with van der Waals surface area (Å²) in [5, 5.41) is 0. The molecule has 0 bridgehead atoms. The van der Waals surface area contributed by atoms with Crippen LogP contribution in [0.1, 0.15) is 25.0 Å². The van der Waals surface area contributed by atoms with Crippen LogP contribution in [0.4, 0.5) is 4.79 Å². The number of amides is 1. The highest BCUT2D eigenvalue weighted by atomic mass is 16.6. The minimum Gasteiger partial charge on any atom is -0.448 e. The van der Waals surface area contributed by atoms with Crippen molar-refractivity contribution in [2.24, 2.45) is 0 Å². The Bertz CT molecular complexity index is 734. The summed E-state index contributed by atoms with van der Waals surface area (Å²) in [4.78, 5) is 19.0. The van der Waals surface area contributed by atoms with Crippen LogP contribution < -0.4 is 0 Å². The smallest absolute Gasteiger partial charge is 0.409 e. The molecule has 1 fully saturated rings. The Labute approximate surface area is 174 Å². The van der Waals surface area contributed by atoms with Crippen LogP contribution in [0.15, 0.2) is 60.7 Å². The predicted molar refractivity (Wildman–Crippen MR) is 117 cm³/mol. The zero-order valence-corrected chi connectivity index (χ0v) is 17.7. The Kier molecular flexibility index (Phi) is 8.08. The van der Waals surface area contributed by atoms with Crippen LogP contribution >= 0.6 is 0 Å². The highest BCUT2D eigenvalue weighted by molar-refractivity contribution is 5.67. The van der Waals surface area contributed by atoms with Crippen LogP contribution in [0, 0.1) is 0 Å². The monoisotopic (exact) mass is 395 g/mol. The van der Waals surface area contributed by atoms with E-state index in [2.05, 4.69) is 64.4 Å². The van der Waals surface area contributed by atoms with E-state index in [0.717, 1.165) is 32.7 Å². The van der Waals surface area contributed by atoms with E-state index in [0.29, 0.717) is 19.7 Å². The molecule has 156 valence electrons. The van der Waals surface area contributed by atoms with Crippen LogP contribution in [0.5, 0.6) is 0 Å². The van der Waals surface area contributed by atoms with E-state index < -0.39 is 0 Å². The minimum atomic E-state index is -0.213. The first kappa shape index (κ1) is 21.3. The van der Waals surface area contributed by atoms with Gasteiger partial charge in [0, 0.05) is 45.8 Å². The maximum atomic E-state index is 12.4. The van der Waals surface area contributed by atoms with Crippen molar-refractivity contribution in [1.82, 2.24) is 14.7 Å². The van der Waals surface area contributed by atoms with Gasteiger partial charge in [-0.15, -0.1) is 0 Å². The average molecular weight is 396 g/mol. The number of carbonyl (C=O) groups excluding carboxylic acids is 1. The van der Waals surface area contributed by atoms with E-state index in [4.69, 9.17) is 4.74 Å². The lowest BCUT2D eigenvalue weighted by Crippen LogP contribution is -2.54. The maximum Gasteiger partial charge on any atom is 0.409 e. The van der Waals surface area contributed by atoms with Gasteiger partial charge < -0.3 is 9.64 Å². The van der Waals surface area contributed by atoms with Crippen molar-refractivity contribution in [1.29, 1.82) is 0 Å². The van der Waals surface area contributed by atoms with Crippen LogP contribution in [0.2, 0.25) is 0 Å². The number of benzene rings is 2. The van der Waals surface area contributed by atoms with Crippen molar-refractivity contribution >= 4 is 6.09 Å². The summed E-state index contributed by atoms with van der Waals surface area (Å²) in [5.74, 6) is 0. The molecule has 2 aromatic carbocycles. The van der Waals surface area contributed by atoms with E-state index >= 15 is 0 Å². The molecule has 5 heteroatoms. The second-order valence-electron chi connectivity index (χ2n) is 7.58. The van der Waals surface area contributed by atoms with E-state index in [-0.39, 0.29) is 12.1 Å². The van der Waals surface area contributed by atoms with Gasteiger partial charge in [-0.2, -0.15) is 0 Å². The van der Waals surface area contributed by atoms with Gasteiger partial charge in [0.2, 0.25) is 0 Å². The minimum absolute atomic E-state index is 0.187. The number of ether oxygens (including phenoxy) is 1. The fourth-order valence-corrected chi connectivity index (χ4v) is 3.87. The molecule has 1 atom stereocenters. The largest absolute Gasteiger partial charge is 0.448 e. The zero-order valence-electron chi connectivity index (χ0n) is 17.7. The first-order chi connectivity index (χ1) is 14.2. The number of nitrogens with zero attached hydrogens (tertiary/aromatic N) is 3. The lowest BCUT2D eigenvalue weighted by atomic mass is 10.1. The Morgan fingerprint density at radius 2 is 1.52 bits per heavy atom. The van der Waals surface area contributed by atoms with Gasteiger partial charge in [-0.25, -0.2) is 4.79 Å². The molecule has 3 rings (SSSR count). The molecule has 29 heavy (non-hydrogen) atoms. The van der Waals surface area contributed by atoms with Crippen molar-refractivity contribution in [2.75, 3.05) is 39.3 Å². The Morgan fingerprint density at radius 1 is 0.931 bits per heavy atom. The molecule has 0 radical (unpaired) electrons. The molecular weight excluding hydrogens is 362 g/mol. The van der Waals surface area contributed by atoms with Crippen LogP contribution in [0.3, 0.4) is 0 Å². The van der Waals surface area contributed by atoms with Crippen molar-refractivity contribution in [3.05, 3.63) is 71.8 Å². The summed E-state index contributed by atoms with van der Waals surface area (Å²) in [5.41, 5.74) is 2.62.